The van der Waals surface area contributed by atoms with Crippen molar-refractivity contribution in [2.24, 2.45) is 5.10 Å². The Hall–Kier alpha value is -3.44. The first-order valence-corrected chi connectivity index (χ1v) is 9.97. The van der Waals surface area contributed by atoms with Gasteiger partial charge in [0, 0.05) is 10.4 Å². The number of aryl methyl sites for hydroxylation is 1. The average molecular weight is 408 g/mol. The van der Waals surface area contributed by atoms with E-state index in [4.69, 9.17) is 0 Å². The molecule has 0 fully saturated rings. The highest BCUT2D eigenvalue weighted by molar-refractivity contribution is 7.16. The molecule has 0 saturated carbocycles. The lowest BCUT2D eigenvalue weighted by Crippen LogP contribution is -2.32. The Bertz CT molecular complexity index is 1030. The number of aromatic hydroxyl groups is 1. The van der Waals surface area contributed by atoms with Gasteiger partial charge in [0.1, 0.15) is 16.8 Å². The minimum absolute atomic E-state index is 0.0395. The van der Waals surface area contributed by atoms with Crippen molar-refractivity contribution in [1.29, 1.82) is 5.26 Å². The predicted molar refractivity (Wildman–Crippen MR) is 112 cm³/mol. The van der Waals surface area contributed by atoms with Gasteiger partial charge in [-0.3, -0.25) is 9.59 Å². The molecule has 1 aromatic carbocycles. The topological polar surface area (TPSA) is 115 Å². The van der Waals surface area contributed by atoms with Gasteiger partial charge >= 0.3 is 11.8 Å². The zero-order valence-electron chi connectivity index (χ0n) is 15.7. The number of nitriles is 1. The average Bonchev–Trinajstić information content (AvgIpc) is 3.07. The first-order chi connectivity index (χ1) is 14.0. The second kappa shape index (κ2) is 9.17. The fraction of sp³-hybridized carbons (Fsp3) is 0.238. The van der Waals surface area contributed by atoms with Crippen molar-refractivity contribution >= 4 is 34.4 Å². The fourth-order valence-electron chi connectivity index (χ4n) is 3.18. The molecule has 1 heterocycles. The second-order valence-electron chi connectivity index (χ2n) is 6.53. The molecule has 0 atom stereocenters. The lowest BCUT2D eigenvalue weighted by atomic mass is 9.96. The van der Waals surface area contributed by atoms with Gasteiger partial charge in [-0.2, -0.15) is 10.4 Å². The molecule has 7 nitrogen and oxygen atoms in total. The Morgan fingerprint density at radius 1 is 1.31 bits per heavy atom. The summed E-state index contributed by atoms with van der Waals surface area (Å²) < 4.78 is 0. The van der Waals surface area contributed by atoms with Crippen LogP contribution in [0.25, 0.3) is 0 Å². The Morgan fingerprint density at radius 2 is 2.10 bits per heavy atom. The molecule has 0 bridgehead atoms. The number of nitrogens with one attached hydrogen (secondary N) is 2. The molecule has 3 rings (SSSR count). The van der Waals surface area contributed by atoms with Crippen molar-refractivity contribution in [2.45, 2.75) is 32.1 Å². The zero-order chi connectivity index (χ0) is 20.8. The first-order valence-electron chi connectivity index (χ1n) is 9.16. The Kier molecular flexibility index (Phi) is 6.42. The lowest BCUT2D eigenvalue weighted by Gasteiger charge is -2.09. The number of hydrazone groups is 1. The minimum atomic E-state index is -0.960. The van der Waals surface area contributed by atoms with E-state index in [0.29, 0.717) is 28.1 Å². The monoisotopic (exact) mass is 408 g/mol. The van der Waals surface area contributed by atoms with Gasteiger partial charge in [-0.05, 0) is 49.3 Å². The van der Waals surface area contributed by atoms with Gasteiger partial charge in [-0.1, -0.05) is 18.2 Å². The molecular formula is C21H20N4O3S. The Labute approximate surface area is 172 Å². The van der Waals surface area contributed by atoms with Crippen molar-refractivity contribution < 1.29 is 14.7 Å². The van der Waals surface area contributed by atoms with Crippen LogP contribution >= 0.6 is 11.3 Å². The quantitative estimate of drug-likeness (QED) is 0.305. The molecule has 3 N–H and O–H groups in total. The van der Waals surface area contributed by atoms with Gasteiger partial charge in [0.2, 0.25) is 0 Å². The van der Waals surface area contributed by atoms with Crippen molar-refractivity contribution in [3.8, 4) is 11.8 Å². The molecule has 0 saturated heterocycles. The predicted octanol–water partition coefficient (Wildman–Crippen LogP) is 3.02. The number of benzene rings is 1. The van der Waals surface area contributed by atoms with Crippen LogP contribution in [-0.2, 0) is 28.9 Å². The first kappa shape index (κ1) is 20.3. The van der Waals surface area contributed by atoms with Gasteiger partial charge < -0.3 is 10.4 Å². The second-order valence-corrected chi connectivity index (χ2v) is 7.63. The summed E-state index contributed by atoms with van der Waals surface area (Å²) in [7, 11) is 0. The summed E-state index contributed by atoms with van der Waals surface area (Å²) in [5.74, 6) is -1.82. The summed E-state index contributed by atoms with van der Waals surface area (Å²) >= 11 is 1.35. The summed E-state index contributed by atoms with van der Waals surface area (Å²) in [4.78, 5) is 25.3. The van der Waals surface area contributed by atoms with Gasteiger partial charge in [0.25, 0.3) is 0 Å². The minimum Gasteiger partial charge on any atom is -0.507 e. The highest BCUT2D eigenvalue weighted by Crippen LogP contribution is 2.37. The molecule has 1 aliphatic carbocycles. The van der Waals surface area contributed by atoms with Crippen LogP contribution in [0.1, 0.15) is 40.0 Å². The van der Waals surface area contributed by atoms with Crippen LogP contribution in [0.5, 0.6) is 5.75 Å². The van der Waals surface area contributed by atoms with E-state index in [9.17, 15) is 20.0 Å². The van der Waals surface area contributed by atoms with Crippen LogP contribution in [0.4, 0.5) is 5.00 Å². The number of carbonyl (C=O) groups is 2. The number of carbonyl (C=O) groups excluding carboxylic acids is 2. The van der Waals surface area contributed by atoms with E-state index in [1.807, 2.05) is 0 Å². The van der Waals surface area contributed by atoms with Gasteiger partial charge in [0.05, 0.1) is 11.8 Å². The van der Waals surface area contributed by atoms with E-state index in [1.54, 1.807) is 24.3 Å². The van der Waals surface area contributed by atoms with Crippen LogP contribution < -0.4 is 10.7 Å². The number of phenolic OH excluding ortho intramolecular Hbond substituents is 1. The largest absolute Gasteiger partial charge is 0.507 e. The van der Waals surface area contributed by atoms with Gasteiger partial charge in [-0.15, -0.1) is 17.9 Å². The summed E-state index contributed by atoms with van der Waals surface area (Å²) in [6.07, 6.45) is 7.20. The van der Waals surface area contributed by atoms with Crippen LogP contribution in [-0.4, -0.2) is 23.1 Å². The maximum absolute atomic E-state index is 12.2. The highest BCUT2D eigenvalue weighted by Gasteiger charge is 2.23. The van der Waals surface area contributed by atoms with E-state index >= 15 is 0 Å². The van der Waals surface area contributed by atoms with Crippen molar-refractivity contribution in [2.75, 3.05) is 5.32 Å². The molecule has 8 heteroatoms. The summed E-state index contributed by atoms with van der Waals surface area (Å²) in [5, 5.41) is 26.2. The van der Waals surface area contributed by atoms with Gasteiger partial charge in [-0.25, -0.2) is 5.43 Å². The number of anilines is 1. The number of para-hydroxylation sites is 1. The number of rotatable bonds is 5. The molecular weight excluding hydrogens is 388 g/mol. The highest BCUT2D eigenvalue weighted by atomic mass is 32.1. The Balaban J connectivity index is 1.65. The number of fused-ring (bicyclic) bond motifs is 1. The zero-order valence-corrected chi connectivity index (χ0v) is 16.5. The molecule has 1 aliphatic rings. The number of thiophene rings is 1. The van der Waals surface area contributed by atoms with E-state index in [-0.39, 0.29) is 5.75 Å². The summed E-state index contributed by atoms with van der Waals surface area (Å²) in [6.45, 7) is 3.63. The van der Waals surface area contributed by atoms with Crippen LogP contribution in [0.15, 0.2) is 36.0 Å². The smallest absolute Gasteiger partial charge is 0.329 e. The molecule has 148 valence electrons. The van der Waals surface area contributed by atoms with Crippen molar-refractivity contribution in [3.63, 3.8) is 0 Å². The molecule has 0 spiro atoms. The molecule has 1 aromatic heterocycles. The number of nitrogens with zero attached hydrogens (tertiary/aromatic N) is 2. The molecule has 29 heavy (non-hydrogen) atoms. The molecule has 0 aliphatic heterocycles. The van der Waals surface area contributed by atoms with Crippen LogP contribution in [0.3, 0.4) is 0 Å². The van der Waals surface area contributed by atoms with Crippen LogP contribution in [0.2, 0.25) is 0 Å². The summed E-state index contributed by atoms with van der Waals surface area (Å²) in [6, 6.07) is 7.27. The van der Waals surface area contributed by atoms with E-state index in [1.165, 1.54) is 17.6 Å². The fourth-order valence-corrected chi connectivity index (χ4v) is 4.41. The number of allylic oxidation sites excluding steroid dienone is 1. The Morgan fingerprint density at radius 3 is 2.86 bits per heavy atom. The number of amides is 2. The number of hydrogen-bond donors (Lipinski definition) is 3. The van der Waals surface area contributed by atoms with Crippen molar-refractivity contribution in [1.82, 2.24) is 5.43 Å². The van der Waals surface area contributed by atoms with Gasteiger partial charge in [0.15, 0.2) is 0 Å². The molecule has 2 amide bonds. The normalized spacial score (nSPS) is 12.8. The third kappa shape index (κ3) is 4.52. The maximum Gasteiger partial charge on any atom is 0.329 e. The molecule has 0 unspecified atom stereocenters. The molecule has 0 radical (unpaired) electrons. The molecule has 2 aromatic rings. The lowest BCUT2D eigenvalue weighted by molar-refractivity contribution is -0.136. The standard InChI is InChI=1S/C21H20N4O3S/c1-2-6-13-7-5-8-14(18(13)26)12-23-25-20(28)19(27)24-21-16(11-22)15-9-3-4-10-17(15)29-21/h2,5,7-8,12,26H,1,3-4,6,9-10H2,(H,24,27)(H,25,28)/b23-12+. The number of phenols is 1. The van der Waals surface area contributed by atoms with E-state index < -0.39 is 11.8 Å². The number of hydrogen-bond acceptors (Lipinski definition) is 6. The summed E-state index contributed by atoms with van der Waals surface area (Å²) in [5.41, 5.74) is 4.64. The van der Waals surface area contributed by atoms with E-state index in [2.05, 4.69) is 28.5 Å². The maximum atomic E-state index is 12.2. The third-order valence-corrected chi connectivity index (χ3v) is 5.81. The van der Waals surface area contributed by atoms with Crippen molar-refractivity contribution in [3.05, 3.63) is 58.0 Å². The van der Waals surface area contributed by atoms with E-state index in [0.717, 1.165) is 36.1 Å². The third-order valence-electron chi connectivity index (χ3n) is 4.60. The van der Waals surface area contributed by atoms with Crippen LogP contribution in [0, 0.1) is 11.3 Å². The SMILES string of the molecule is C=CCc1cccc(/C=N/NC(=O)C(=O)Nc2sc3c(c2C#N)CCCC3)c1O.